The Bertz CT molecular complexity index is 2710. The Morgan fingerprint density at radius 2 is 0.841 bits per heavy atom. The molecule has 0 amide bonds. The van der Waals surface area contributed by atoms with Crippen molar-refractivity contribution in [2.75, 3.05) is 9.80 Å². The lowest BCUT2D eigenvalue weighted by Gasteiger charge is -2.31. The molecule has 0 aromatic heterocycles. The maximum atomic E-state index is 2.59. The van der Waals surface area contributed by atoms with E-state index in [4.69, 9.17) is 0 Å². The average molecular weight is 823 g/mol. The molecule has 4 bridgehead atoms. The normalized spacial score (nSPS) is 17.1. The number of anilines is 6. The Morgan fingerprint density at radius 1 is 0.381 bits per heavy atom. The summed E-state index contributed by atoms with van der Waals surface area (Å²) in [7, 11) is 0. The van der Waals surface area contributed by atoms with Gasteiger partial charge in [0.15, 0.2) is 0 Å². The fourth-order valence-corrected chi connectivity index (χ4v) is 11.9. The maximum absolute atomic E-state index is 2.59. The maximum Gasteiger partial charge on any atom is 0.0496 e. The van der Waals surface area contributed by atoms with Crippen LogP contribution in [0.3, 0.4) is 0 Å². The highest BCUT2D eigenvalue weighted by Gasteiger charge is 2.36. The van der Waals surface area contributed by atoms with Crippen LogP contribution in [0.15, 0.2) is 158 Å². The second-order valence-electron chi connectivity index (χ2n) is 19.7. The molecule has 0 radical (unpaired) electrons. The van der Waals surface area contributed by atoms with Crippen LogP contribution in [-0.2, 0) is 31.1 Å². The van der Waals surface area contributed by atoms with Gasteiger partial charge in [0.05, 0.1) is 0 Å². The third-order valence-corrected chi connectivity index (χ3v) is 15.4. The molecule has 0 spiro atoms. The number of para-hydroxylation sites is 1. The number of aryl methyl sites for hydroxylation is 4. The van der Waals surface area contributed by atoms with Crippen molar-refractivity contribution in [1.29, 1.82) is 0 Å². The van der Waals surface area contributed by atoms with E-state index >= 15 is 0 Å². The van der Waals surface area contributed by atoms with Gasteiger partial charge in [0.1, 0.15) is 0 Å². The smallest absolute Gasteiger partial charge is 0.0496 e. The van der Waals surface area contributed by atoms with Gasteiger partial charge in [-0.05, 0) is 180 Å². The molecule has 0 atom stereocenters. The second-order valence-corrected chi connectivity index (χ2v) is 19.7. The van der Waals surface area contributed by atoms with E-state index in [1.54, 1.807) is 0 Å². The standard InChI is InChI=1S/C61H62N2/c1-61(2)57-21-13-12-20-55(57)56-39-38-54(42-58(56)61)63(53-36-32-48(33-37-53)46-16-8-4-9-17-46)60-41-44-23-27-49-26-22-43(24-28-50(60)29-25-44)40-59(49)62(51-18-10-5-11-19-51)52-34-30-47(31-35-52)45-14-6-3-7-15-45/h5,10-13,18-22,25-26,29-42,45-46H,3-4,6-9,14-17,23-24,27-28H2,1-2H3. The first-order valence-electron chi connectivity index (χ1n) is 24.3. The fourth-order valence-electron chi connectivity index (χ4n) is 11.9. The summed E-state index contributed by atoms with van der Waals surface area (Å²) in [6, 6.07) is 61.4. The van der Waals surface area contributed by atoms with E-state index in [2.05, 4.69) is 181 Å². The monoisotopic (exact) mass is 822 g/mol. The quantitative estimate of drug-likeness (QED) is 0.151. The summed E-state index contributed by atoms with van der Waals surface area (Å²) < 4.78 is 0. The molecule has 7 aliphatic carbocycles. The van der Waals surface area contributed by atoms with E-state index in [0.29, 0.717) is 11.8 Å². The van der Waals surface area contributed by atoms with Crippen molar-refractivity contribution in [3.05, 3.63) is 202 Å². The third kappa shape index (κ3) is 7.70. The van der Waals surface area contributed by atoms with Gasteiger partial charge in [-0.3, -0.25) is 0 Å². The Kier molecular flexibility index (Phi) is 10.8. The molecule has 2 saturated carbocycles. The van der Waals surface area contributed by atoms with Crippen molar-refractivity contribution < 1.29 is 0 Å². The van der Waals surface area contributed by atoms with Crippen LogP contribution in [0.5, 0.6) is 0 Å². The Labute approximate surface area is 376 Å². The van der Waals surface area contributed by atoms with E-state index in [9.17, 15) is 0 Å². The van der Waals surface area contributed by atoms with Crippen LogP contribution < -0.4 is 9.80 Å². The minimum atomic E-state index is -0.0747. The largest absolute Gasteiger partial charge is 0.310 e. The average Bonchev–Trinajstić information content (AvgIpc) is 3.57. The molecule has 7 aromatic carbocycles. The van der Waals surface area contributed by atoms with Crippen molar-refractivity contribution >= 4 is 34.1 Å². The first kappa shape index (κ1) is 40.0. The van der Waals surface area contributed by atoms with Crippen LogP contribution in [0.2, 0.25) is 0 Å². The highest BCUT2D eigenvalue weighted by atomic mass is 15.2. The lowest BCUT2D eigenvalue weighted by Crippen LogP contribution is -2.18. The van der Waals surface area contributed by atoms with Crippen molar-refractivity contribution in [3.8, 4) is 11.1 Å². The Balaban J connectivity index is 0.975. The second kappa shape index (κ2) is 17.0. The molecule has 0 saturated heterocycles. The lowest BCUT2D eigenvalue weighted by molar-refractivity contribution is 0.443. The number of rotatable bonds is 8. The molecule has 0 heterocycles. The predicted molar refractivity (Wildman–Crippen MR) is 266 cm³/mol. The molecule has 2 fully saturated rings. The summed E-state index contributed by atoms with van der Waals surface area (Å²) in [5, 5.41) is 0. The molecule has 2 nitrogen and oxygen atoms in total. The zero-order valence-electron chi connectivity index (χ0n) is 37.5. The van der Waals surface area contributed by atoms with Gasteiger partial charge in [-0.25, -0.2) is 0 Å². The highest BCUT2D eigenvalue weighted by molar-refractivity contribution is 5.86. The zero-order chi connectivity index (χ0) is 42.3. The van der Waals surface area contributed by atoms with E-state index in [1.807, 2.05) is 0 Å². The molecule has 0 unspecified atom stereocenters. The number of fused-ring (bicyclic) bond motifs is 3. The molecule has 14 rings (SSSR count). The molecule has 316 valence electrons. The number of hydrogen-bond donors (Lipinski definition) is 0. The minimum Gasteiger partial charge on any atom is -0.310 e. The molecule has 7 aromatic rings. The Hall–Kier alpha value is -5.86. The van der Waals surface area contributed by atoms with Crippen molar-refractivity contribution in [2.45, 2.75) is 121 Å². The van der Waals surface area contributed by atoms with Crippen LogP contribution in [-0.4, -0.2) is 0 Å². The van der Waals surface area contributed by atoms with Gasteiger partial charge < -0.3 is 9.80 Å². The van der Waals surface area contributed by atoms with Crippen molar-refractivity contribution in [3.63, 3.8) is 0 Å². The minimum absolute atomic E-state index is 0.0747. The third-order valence-electron chi connectivity index (χ3n) is 15.4. The first-order chi connectivity index (χ1) is 31.0. The highest BCUT2D eigenvalue weighted by Crippen LogP contribution is 2.51. The number of hydrogen-bond acceptors (Lipinski definition) is 2. The van der Waals surface area contributed by atoms with Crippen LogP contribution >= 0.6 is 0 Å². The van der Waals surface area contributed by atoms with Gasteiger partial charge in [0.2, 0.25) is 0 Å². The molecule has 63 heavy (non-hydrogen) atoms. The van der Waals surface area contributed by atoms with Gasteiger partial charge in [-0.1, -0.05) is 149 Å². The zero-order valence-corrected chi connectivity index (χ0v) is 37.5. The van der Waals surface area contributed by atoms with E-state index in [0.717, 1.165) is 25.7 Å². The van der Waals surface area contributed by atoms with Crippen LogP contribution in [0.1, 0.15) is 134 Å². The van der Waals surface area contributed by atoms with Gasteiger partial charge in [0.25, 0.3) is 0 Å². The molecule has 0 N–H and O–H groups in total. The van der Waals surface area contributed by atoms with E-state index in [-0.39, 0.29) is 5.41 Å². The van der Waals surface area contributed by atoms with Crippen LogP contribution in [0.25, 0.3) is 11.1 Å². The number of benzene rings is 7. The first-order valence-corrected chi connectivity index (χ1v) is 24.3. The predicted octanol–water partition coefficient (Wildman–Crippen LogP) is 16.9. The van der Waals surface area contributed by atoms with Gasteiger partial charge in [-0.2, -0.15) is 0 Å². The van der Waals surface area contributed by atoms with Crippen LogP contribution in [0, 0.1) is 0 Å². The van der Waals surface area contributed by atoms with E-state index < -0.39 is 0 Å². The summed E-state index contributed by atoms with van der Waals surface area (Å²) in [6.07, 6.45) is 17.3. The van der Waals surface area contributed by atoms with Crippen molar-refractivity contribution in [2.24, 2.45) is 0 Å². The van der Waals surface area contributed by atoms with Gasteiger partial charge >= 0.3 is 0 Å². The summed E-state index contributed by atoms with van der Waals surface area (Å²) >= 11 is 0. The summed E-state index contributed by atoms with van der Waals surface area (Å²) in [5.41, 5.74) is 21.6. The molecule has 2 heteroatoms. The lowest BCUT2D eigenvalue weighted by atomic mass is 9.82. The van der Waals surface area contributed by atoms with Crippen molar-refractivity contribution in [1.82, 2.24) is 0 Å². The fraction of sp³-hybridized carbons (Fsp3) is 0.311. The van der Waals surface area contributed by atoms with Gasteiger partial charge in [-0.15, -0.1) is 0 Å². The Morgan fingerprint density at radius 3 is 1.40 bits per heavy atom. The van der Waals surface area contributed by atoms with Gasteiger partial charge in [0, 0.05) is 39.5 Å². The topological polar surface area (TPSA) is 6.48 Å². The molecular weight excluding hydrogens is 761 g/mol. The number of nitrogens with zero attached hydrogens (tertiary/aromatic N) is 2. The van der Waals surface area contributed by atoms with Crippen LogP contribution in [0.4, 0.5) is 34.1 Å². The summed E-state index contributed by atoms with van der Waals surface area (Å²) in [6.45, 7) is 4.81. The SMILES string of the molecule is CC1(C)c2ccccc2-c2ccc(N(c3ccc(C4CCCCC4)cc3)c3cc4ccc3CCc3ccc(c(N(c5ccccc5)c5ccc(C6CCCCC6)cc5)c3)CC4)cc21. The molecule has 0 aliphatic heterocycles. The molecular formula is C61H62N2. The summed E-state index contributed by atoms with van der Waals surface area (Å²) in [5.74, 6) is 1.38. The summed E-state index contributed by atoms with van der Waals surface area (Å²) in [4.78, 5) is 5.12. The van der Waals surface area contributed by atoms with E-state index in [1.165, 1.54) is 154 Å². The molecule has 7 aliphatic rings.